The molecule has 2 heterocycles. The largest absolute Gasteiger partial charge is 0.406 e. The number of hydrogen-bond acceptors (Lipinski definition) is 6. The monoisotopic (exact) mass is 270 g/mol. The number of amidine groups is 1. The van der Waals surface area contributed by atoms with Crippen LogP contribution in [0.1, 0.15) is 0 Å². The molecule has 2 rings (SSSR count). The summed E-state index contributed by atoms with van der Waals surface area (Å²) < 4.78 is 77.8. The van der Waals surface area contributed by atoms with Gasteiger partial charge in [-0.3, -0.25) is 0 Å². The first-order chi connectivity index (χ1) is 8.34. The molecule has 18 heavy (non-hydrogen) atoms. The summed E-state index contributed by atoms with van der Waals surface area (Å²) in [6.45, 7) is 0. The van der Waals surface area contributed by atoms with Crippen molar-refractivity contribution < 1.29 is 26.3 Å². The molecular weight excluding hydrogens is 270 g/mol. The lowest BCUT2D eigenvalue weighted by molar-refractivity contribution is 0.0703. The highest BCUT2D eigenvalue weighted by atomic mass is 19.3. The van der Waals surface area contributed by atoms with E-state index in [1.165, 1.54) is 0 Å². The fourth-order valence-corrected chi connectivity index (χ4v) is 1.05. The molecule has 96 valence electrons. The van der Waals surface area contributed by atoms with E-state index < -0.39 is 40.8 Å². The highest BCUT2D eigenvalue weighted by molar-refractivity contribution is 6.01. The van der Waals surface area contributed by atoms with Gasteiger partial charge in [-0.1, -0.05) is 10.2 Å². The molecule has 0 aliphatic carbocycles. The first-order valence-corrected chi connectivity index (χ1v) is 4.05. The van der Waals surface area contributed by atoms with Crippen molar-refractivity contribution in [3.05, 3.63) is 12.0 Å². The summed E-state index contributed by atoms with van der Waals surface area (Å²) in [6, 6.07) is -4.71. The average molecular weight is 270 g/mol. The molecule has 0 N–H and O–H groups in total. The number of nitrogens with zero attached hydrogens (tertiary/aromatic N) is 6. The number of rotatable bonds is 1. The van der Waals surface area contributed by atoms with Crippen LogP contribution in [-0.4, -0.2) is 33.3 Å². The van der Waals surface area contributed by atoms with Crippen molar-refractivity contribution in [2.75, 3.05) is 4.90 Å². The molecule has 0 amide bonds. The van der Waals surface area contributed by atoms with Gasteiger partial charge >= 0.3 is 24.2 Å². The molecule has 6 nitrogen and oxygen atoms in total. The number of anilines is 1. The van der Waals surface area contributed by atoms with Crippen molar-refractivity contribution in [1.29, 1.82) is 0 Å². The summed E-state index contributed by atoms with van der Waals surface area (Å²) >= 11 is 0. The topological polar surface area (TPSA) is 66.6 Å². The van der Waals surface area contributed by atoms with Crippen molar-refractivity contribution in [3.8, 4) is 0 Å². The SMILES string of the molecule is FC1=NN=C(F)C(F)(F)N1c1nc(F)nnc1F. The van der Waals surface area contributed by atoms with Gasteiger partial charge in [-0.05, 0) is 0 Å². The minimum atomic E-state index is -4.71. The third-order valence-electron chi connectivity index (χ3n) is 1.75. The van der Waals surface area contributed by atoms with E-state index in [1.54, 1.807) is 0 Å². The maximum atomic E-state index is 13.2. The molecule has 1 aliphatic rings. The van der Waals surface area contributed by atoms with Crippen LogP contribution in [0.3, 0.4) is 0 Å². The Morgan fingerprint density at radius 3 is 2.28 bits per heavy atom. The summed E-state index contributed by atoms with van der Waals surface area (Å²) in [5, 5.41) is 9.48. The van der Waals surface area contributed by atoms with E-state index in [9.17, 15) is 26.3 Å². The van der Waals surface area contributed by atoms with Gasteiger partial charge in [0, 0.05) is 0 Å². The van der Waals surface area contributed by atoms with E-state index in [0.717, 1.165) is 0 Å². The predicted molar refractivity (Wildman–Crippen MR) is 44.3 cm³/mol. The second-order valence-electron chi connectivity index (χ2n) is 2.83. The van der Waals surface area contributed by atoms with Crippen LogP contribution in [0.15, 0.2) is 10.2 Å². The lowest BCUT2D eigenvalue weighted by Crippen LogP contribution is -2.51. The van der Waals surface area contributed by atoms with Crippen molar-refractivity contribution in [3.63, 3.8) is 0 Å². The van der Waals surface area contributed by atoms with Gasteiger partial charge in [0.25, 0.3) is 5.95 Å². The third-order valence-corrected chi connectivity index (χ3v) is 1.75. The third kappa shape index (κ3) is 1.74. The lowest BCUT2D eigenvalue weighted by atomic mass is 10.4. The van der Waals surface area contributed by atoms with Crippen LogP contribution < -0.4 is 4.90 Å². The molecular formula is C6F6N6. The zero-order chi connectivity index (χ0) is 13.5. The summed E-state index contributed by atoms with van der Waals surface area (Å²) in [5.74, 6) is -5.86. The zero-order valence-electron chi connectivity index (χ0n) is 7.95. The first kappa shape index (κ1) is 12.2. The van der Waals surface area contributed by atoms with Gasteiger partial charge in [-0.2, -0.15) is 31.3 Å². The predicted octanol–water partition coefficient (Wildman–Crippen LogP) is 1.17. The molecule has 0 radical (unpaired) electrons. The molecule has 0 fully saturated rings. The maximum Gasteiger partial charge on any atom is 0.406 e. The standard InChI is InChI=1S/C6F6N6/c7-1-2(13-4(9)16-14-1)18-5(10)17-15-3(8)6(18,11)12. The van der Waals surface area contributed by atoms with E-state index in [2.05, 4.69) is 25.4 Å². The van der Waals surface area contributed by atoms with E-state index in [1.807, 2.05) is 0 Å². The Balaban J connectivity index is 2.59. The van der Waals surface area contributed by atoms with Crippen molar-refractivity contribution >= 4 is 17.9 Å². The molecule has 12 heteroatoms. The fraction of sp³-hybridized carbons (Fsp3) is 0.167. The molecule has 1 aromatic rings. The molecule has 0 bridgehead atoms. The van der Waals surface area contributed by atoms with Gasteiger partial charge in [0.15, 0.2) is 0 Å². The van der Waals surface area contributed by atoms with Crippen LogP contribution in [0, 0.1) is 12.0 Å². The Morgan fingerprint density at radius 1 is 0.944 bits per heavy atom. The minimum Gasteiger partial charge on any atom is -0.211 e. The molecule has 0 unspecified atom stereocenters. The molecule has 0 saturated heterocycles. The molecule has 0 spiro atoms. The number of alkyl halides is 2. The van der Waals surface area contributed by atoms with Crippen molar-refractivity contribution in [1.82, 2.24) is 15.2 Å². The van der Waals surface area contributed by atoms with Crippen LogP contribution in [-0.2, 0) is 0 Å². The highest BCUT2D eigenvalue weighted by Crippen LogP contribution is 2.32. The Hall–Kier alpha value is -2.27. The van der Waals surface area contributed by atoms with E-state index >= 15 is 0 Å². The van der Waals surface area contributed by atoms with Crippen LogP contribution in [0.4, 0.5) is 32.2 Å². The highest BCUT2D eigenvalue weighted by Gasteiger charge is 2.52. The quantitative estimate of drug-likeness (QED) is 0.567. The number of aromatic nitrogens is 3. The molecule has 1 aliphatic heterocycles. The average Bonchev–Trinajstić information content (AvgIpc) is 2.29. The lowest BCUT2D eigenvalue weighted by Gasteiger charge is -2.28. The maximum absolute atomic E-state index is 13.2. The smallest absolute Gasteiger partial charge is 0.211 e. The van der Waals surface area contributed by atoms with Gasteiger partial charge in [0.2, 0.25) is 5.82 Å². The van der Waals surface area contributed by atoms with Crippen LogP contribution in [0.2, 0.25) is 0 Å². The molecule has 0 aromatic carbocycles. The van der Waals surface area contributed by atoms with E-state index in [4.69, 9.17) is 0 Å². The minimum absolute atomic E-state index is 0.928. The first-order valence-electron chi connectivity index (χ1n) is 4.05. The van der Waals surface area contributed by atoms with Crippen LogP contribution >= 0.6 is 0 Å². The van der Waals surface area contributed by atoms with E-state index in [0.29, 0.717) is 0 Å². The number of hydrogen-bond donors (Lipinski definition) is 0. The molecule has 0 atom stereocenters. The van der Waals surface area contributed by atoms with Crippen molar-refractivity contribution in [2.45, 2.75) is 6.05 Å². The Morgan fingerprint density at radius 2 is 1.61 bits per heavy atom. The second kappa shape index (κ2) is 3.89. The summed E-state index contributed by atoms with van der Waals surface area (Å²) in [6.07, 6.45) is -3.79. The van der Waals surface area contributed by atoms with Crippen molar-refractivity contribution in [2.24, 2.45) is 10.2 Å². The molecule has 1 aromatic heterocycles. The van der Waals surface area contributed by atoms with E-state index in [-0.39, 0.29) is 0 Å². The van der Waals surface area contributed by atoms with Crippen LogP contribution in [0.5, 0.6) is 0 Å². The summed E-state index contributed by atoms with van der Waals surface area (Å²) in [7, 11) is 0. The Labute approximate surface area is 93.7 Å². The van der Waals surface area contributed by atoms with Gasteiger partial charge in [0.05, 0.1) is 0 Å². The Bertz CT molecular complexity index is 555. The Kier molecular flexibility index (Phi) is 2.63. The van der Waals surface area contributed by atoms with Crippen LogP contribution in [0.25, 0.3) is 0 Å². The van der Waals surface area contributed by atoms with Gasteiger partial charge in [0.1, 0.15) is 0 Å². The fourth-order valence-electron chi connectivity index (χ4n) is 1.05. The second-order valence-corrected chi connectivity index (χ2v) is 2.83. The zero-order valence-corrected chi connectivity index (χ0v) is 7.95. The van der Waals surface area contributed by atoms with Gasteiger partial charge in [-0.15, -0.1) is 10.2 Å². The van der Waals surface area contributed by atoms with Gasteiger partial charge in [-0.25, -0.2) is 4.90 Å². The van der Waals surface area contributed by atoms with Gasteiger partial charge < -0.3 is 0 Å². The number of halogens is 6. The molecule has 0 saturated carbocycles. The summed E-state index contributed by atoms with van der Waals surface area (Å²) in [5.41, 5.74) is 0. The summed E-state index contributed by atoms with van der Waals surface area (Å²) in [4.78, 5) is 1.64. The normalized spacial score (nSPS) is 18.4.